The quantitative estimate of drug-likeness (QED) is 0.351. The van der Waals surface area contributed by atoms with Crippen LogP contribution in [0.3, 0.4) is 0 Å². The van der Waals surface area contributed by atoms with Gasteiger partial charge in [-0.05, 0) is 36.6 Å². The van der Waals surface area contributed by atoms with Gasteiger partial charge < -0.3 is 9.64 Å². The third-order valence-electron chi connectivity index (χ3n) is 4.28. The summed E-state index contributed by atoms with van der Waals surface area (Å²) in [6, 6.07) is 13.7. The van der Waals surface area contributed by atoms with Crippen LogP contribution in [0, 0.1) is 10.1 Å². The molecule has 1 aliphatic heterocycles. The highest BCUT2D eigenvalue weighted by Crippen LogP contribution is 2.26. The third kappa shape index (κ3) is 4.38. The van der Waals surface area contributed by atoms with Crippen molar-refractivity contribution in [2.24, 2.45) is 0 Å². The number of fused-ring (bicyclic) bond motifs is 1. The smallest absolute Gasteiger partial charge is 0.331 e. The summed E-state index contributed by atoms with van der Waals surface area (Å²) in [4.78, 5) is 36.4. The number of carbonyl (C=O) groups excluding carboxylic acids is 2. The lowest BCUT2D eigenvalue weighted by molar-refractivity contribution is -0.385. The monoisotopic (exact) mass is 366 g/mol. The lowest BCUT2D eigenvalue weighted by Gasteiger charge is -2.29. The maximum Gasteiger partial charge on any atom is 0.331 e. The fraction of sp³-hybridized carbons (Fsp3) is 0.200. The maximum atomic E-state index is 12.4. The molecule has 3 rings (SSSR count). The second-order valence-corrected chi connectivity index (χ2v) is 6.03. The number of nitro benzene ring substituents is 1. The highest BCUT2D eigenvalue weighted by molar-refractivity contribution is 5.97. The zero-order valence-electron chi connectivity index (χ0n) is 14.5. The van der Waals surface area contributed by atoms with Crippen molar-refractivity contribution in [3.8, 4) is 0 Å². The van der Waals surface area contributed by atoms with Gasteiger partial charge in [0, 0.05) is 24.4 Å². The van der Waals surface area contributed by atoms with Gasteiger partial charge in [-0.2, -0.15) is 0 Å². The number of ether oxygens (including phenoxy) is 1. The molecule has 2 aromatic rings. The van der Waals surface area contributed by atoms with Crippen molar-refractivity contribution in [3.05, 3.63) is 75.8 Å². The molecular weight excluding hydrogens is 348 g/mol. The van der Waals surface area contributed by atoms with Gasteiger partial charge in [-0.25, -0.2) is 4.79 Å². The van der Waals surface area contributed by atoms with E-state index in [0.29, 0.717) is 6.54 Å². The molecule has 7 heteroatoms. The first kappa shape index (κ1) is 18.3. The molecule has 138 valence electrons. The van der Waals surface area contributed by atoms with Crippen LogP contribution in [0.1, 0.15) is 17.5 Å². The first-order valence-corrected chi connectivity index (χ1v) is 8.53. The maximum absolute atomic E-state index is 12.4. The normalized spacial score (nSPS) is 13.3. The van der Waals surface area contributed by atoms with Crippen LogP contribution in [0.5, 0.6) is 0 Å². The third-order valence-corrected chi connectivity index (χ3v) is 4.28. The summed E-state index contributed by atoms with van der Waals surface area (Å²) in [6.45, 7) is 0.202. The van der Waals surface area contributed by atoms with Crippen LogP contribution in [0.25, 0.3) is 6.08 Å². The van der Waals surface area contributed by atoms with Gasteiger partial charge in [-0.15, -0.1) is 0 Å². The van der Waals surface area contributed by atoms with E-state index in [2.05, 4.69) is 0 Å². The second-order valence-electron chi connectivity index (χ2n) is 6.03. The Labute approximate surface area is 156 Å². The minimum Gasteiger partial charge on any atom is -0.452 e. The van der Waals surface area contributed by atoms with E-state index in [9.17, 15) is 19.7 Å². The molecule has 0 unspecified atom stereocenters. The number of esters is 1. The molecule has 0 atom stereocenters. The molecule has 7 nitrogen and oxygen atoms in total. The Hall–Kier alpha value is -3.48. The number of hydrogen-bond acceptors (Lipinski definition) is 5. The first-order chi connectivity index (χ1) is 13.1. The predicted octanol–water partition coefficient (Wildman–Crippen LogP) is 3.13. The summed E-state index contributed by atoms with van der Waals surface area (Å²) in [6.07, 6.45) is 4.16. The molecule has 0 saturated heterocycles. The van der Waals surface area contributed by atoms with Gasteiger partial charge >= 0.3 is 5.97 Å². The van der Waals surface area contributed by atoms with Crippen LogP contribution in [0.15, 0.2) is 54.6 Å². The van der Waals surface area contributed by atoms with Crippen molar-refractivity contribution in [2.75, 3.05) is 18.1 Å². The summed E-state index contributed by atoms with van der Waals surface area (Å²) in [5.41, 5.74) is 2.12. The summed E-state index contributed by atoms with van der Waals surface area (Å²) in [7, 11) is 0. The van der Waals surface area contributed by atoms with E-state index in [4.69, 9.17) is 4.74 Å². The zero-order chi connectivity index (χ0) is 19.2. The summed E-state index contributed by atoms with van der Waals surface area (Å²) < 4.78 is 5.01. The van der Waals surface area contributed by atoms with Gasteiger partial charge in [-0.3, -0.25) is 14.9 Å². The molecule has 27 heavy (non-hydrogen) atoms. The molecule has 0 N–H and O–H groups in total. The molecule has 0 aromatic heterocycles. The number of hydrogen-bond donors (Lipinski definition) is 0. The molecule has 0 aliphatic carbocycles. The van der Waals surface area contributed by atoms with Gasteiger partial charge in [0.15, 0.2) is 6.61 Å². The summed E-state index contributed by atoms with van der Waals surface area (Å²) in [5.74, 6) is -1.03. The van der Waals surface area contributed by atoms with E-state index in [1.165, 1.54) is 18.2 Å². The molecule has 2 aromatic carbocycles. The molecule has 1 aliphatic rings. The largest absolute Gasteiger partial charge is 0.452 e. The molecule has 0 spiro atoms. The lowest BCUT2D eigenvalue weighted by Crippen LogP contribution is -2.38. The highest BCUT2D eigenvalue weighted by Gasteiger charge is 2.22. The van der Waals surface area contributed by atoms with Gasteiger partial charge in [0.1, 0.15) is 0 Å². The van der Waals surface area contributed by atoms with Crippen LogP contribution in [0.4, 0.5) is 11.4 Å². The minimum absolute atomic E-state index is 0.109. The standard InChI is InChI=1S/C20H18N2O5/c23-19(21-13-5-8-15-6-1-3-9-17(15)21)14-27-20(24)12-11-16-7-2-4-10-18(16)22(25)26/h1-4,6-7,9-12H,5,8,13-14H2/b12-11+. The number of carbonyl (C=O) groups is 2. The van der Waals surface area contributed by atoms with E-state index in [1.807, 2.05) is 24.3 Å². The SMILES string of the molecule is O=C(/C=C/c1ccccc1[N+](=O)[O-])OCC(=O)N1CCCc2ccccc21. The van der Waals surface area contributed by atoms with E-state index in [-0.39, 0.29) is 23.8 Å². The van der Waals surface area contributed by atoms with E-state index in [0.717, 1.165) is 30.2 Å². The number of nitro groups is 1. The number of aryl methyl sites for hydroxylation is 1. The molecule has 0 saturated carbocycles. The van der Waals surface area contributed by atoms with E-state index < -0.39 is 10.9 Å². The Bertz CT molecular complexity index is 907. The van der Waals surface area contributed by atoms with Gasteiger partial charge in [0.25, 0.3) is 11.6 Å². The Kier molecular flexibility index (Phi) is 5.61. The van der Waals surface area contributed by atoms with Crippen LogP contribution >= 0.6 is 0 Å². The summed E-state index contributed by atoms with van der Waals surface area (Å²) in [5, 5.41) is 11.0. The Morgan fingerprint density at radius 3 is 2.70 bits per heavy atom. The van der Waals surface area contributed by atoms with Crippen molar-refractivity contribution < 1.29 is 19.2 Å². The highest BCUT2D eigenvalue weighted by atomic mass is 16.6. The van der Waals surface area contributed by atoms with Crippen molar-refractivity contribution in [3.63, 3.8) is 0 Å². The van der Waals surface area contributed by atoms with Crippen LogP contribution < -0.4 is 4.90 Å². The van der Waals surface area contributed by atoms with Gasteiger partial charge in [0.05, 0.1) is 10.5 Å². The Morgan fingerprint density at radius 1 is 1.15 bits per heavy atom. The zero-order valence-corrected chi connectivity index (χ0v) is 14.5. The van der Waals surface area contributed by atoms with E-state index >= 15 is 0 Å². The van der Waals surface area contributed by atoms with E-state index in [1.54, 1.807) is 17.0 Å². The minimum atomic E-state index is -0.730. The van der Waals surface area contributed by atoms with Gasteiger partial charge in [-0.1, -0.05) is 30.3 Å². The fourth-order valence-electron chi connectivity index (χ4n) is 3.00. The molecule has 0 fully saturated rings. The Balaban J connectivity index is 1.60. The number of anilines is 1. The average molecular weight is 366 g/mol. The van der Waals surface area contributed by atoms with Crippen LogP contribution in [0.2, 0.25) is 0 Å². The fourth-order valence-corrected chi connectivity index (χ4v) is 3.00. The summed E-state index contributed by atoms with van der Waals surface area (Å²) >= 11 is 0. The van der Waals surface area contributed by atoms with Gasteiger partial charge in [0.2, 0.25) is 0 Å². The number of rotatable bonds is 5. The molecule has 0 bridgehead atoms. The molecule has 0 radical (unpaired) electrons. The number of para-hydroxylation sites is 2. The topological polar surface area (TPSA) is 89.7 Å². The Morgan fingerprint density at radius 2 is 1.89 bits per heavy atom. The average Bonchev–Trinajstić information content (AvgIpc) is 2.70. The second kappa shape index (κ2) is 8.27. The number of benzene rings is 2. The van der Waals surface area contributed by atoms with Crippen molar-refractivity contribution in [1.82, 2.24) is 0 Å². The number of nitrogens with zero attached hydrogens (tertiary/aromatic N) is 2. The van der Waals surface area contributed by atoms with Crippen molar-refractivity contribution >= 4 is 29.3 Å². The molecular formula is C20H18N2O5. The van der Waals surface area contributed by atoms with Crippen LogP contribution in [-0.4, -0.2) is 30.0 Å². The first-order valence-electron chi connectivity index (χ1n) is 8.53. The lowest BCUT2D eigenvalue weighted by atomic mass is 10.0. The van der Waals surface area contributed by atoms with Crippen molar-refractivity contribution in [1.29, 1.82) is 0 Å². The van der Waals surface area contributed by atoms with Crippen molar-refractivity contribution in [2.45, 2.75) is 12.8 Å². The molecule has 1 amide bonds. The molecule has 1 heterocycles. The predicted molar refractivity (Wildman–Crippen MR) is 100 cm³/mol. The number of amides is 1. The van der Waals surface area contributed by atoms with Crippen LogP contribution in [-0.2, 0) is 20.7 Å².